The lowest BCUT2D eigenvalue weighted by molar-refractivity contribution is -0.141. The number of ether oxygens (including phenoxy) is 1. The van der Waals surface area contributed by atoms with E-state index in [-0.39, 0.29) is 36.4 Å². The van der Waals surface area contributed by atoms with Crippen LogP contribution in [0.3, 0.4) is 0 Å². The molecule has 3 heterocycles. The van der Waals surface area contributed by atoms with Gasteiger partial charge in [0.25, 0.3) is 0 Å². The monoisotopic (exact) mass is 538 g/mol. The minimum Gasteiger partial charge on any atom is -0.444 e. The number of rotatable bonds is 7. The molecule has 4 amide bonds. The van der Waals surface area contributed by atoms with Gasteiger partial charge in [0.05, 0.1) is 18.2 Å². The fourth-order valence-electron chi connectivity index (χ4n) is 5.99. The van der Waals surface area contributed by atoms with E-state index in [1.165, 1.54) is 4.90 Å². The molecule has 1 aromatic carbocycles. The Morgan fingerprint density at radius 2 is 1.95 bits per heavy atom. The molecule has 39 heavy (non-hydrogen) atoms. The van der Waals surface area contributed by atoms with Crippen LogP contribution in [0, 0.1) is 17.2 Å². The van der Waals surface area contributed by atoms with Crippen LogP contribution >= 0.6 is 0 Å². The molecule has 210 valence electrons. The third kappa shape index (κ3) is 6.01. The third-order valence-corrected chi connectivity index (χ3v) is 7.73. The number of fused-ring (bicyclic) bond motifs is 2. The summed E-state index contributed by atoms with van der Waals surface area (Å²) >= 11 is 0. The summed E-state index contributed by atoms with van der Waals surface area (Å²) in [4.78, 5) is 56.8. The van der Waals surface area contributed by atoms with Crippen LogP contribution in [0.25, 0.3) is 0 Å². The first-order valence-electron chi connectivity index (χ1n) is 13.4. The average molecular weight is 539 g/mol. The maximum Gasteiger partial charge on any atom is 0.408 e. The zero-order valence-corrected chi connectivity index (χ0v) is 23.2. The first-order chi connectivity index (χ1) is 18.3. The summed E-state index contributed by atoms with van der Waals surface area (Å²) in [5, 5.41) is 12.3. The Bertz CT molecular complexity index is 1190. The highest BCUT2D eigenvalue weighted by molar-refractivity contribution is 5.93. The zero-order chi connectivity index (χ0) is 28.6. The molecule has 3 N–H and O–H groups in total. The average Bonchev–Trinajstić information content (AvgIpc) is 3.53. The highest BCUT2D eigenvalue weighted by Gasteiger charge is 2.52. The Balaban J connectivity index is 1.50. The van der Waals surface area contributed by atoms with Gasteiger partial charge in [-0.25, -0.2) is 4.79 Å². The fourth-order valence-corrected chi connectivity index (χ4v) is 5.99. The first-order valence-corrected chi connectivity index (χ1v) is 13.4. The Morgan fingerprint density at radius 1 is 1.23 bits per heavy atom. The van der Waals surface area contributed by atoms with E-state index in [9.17, 15) is 24.4 Å². The smallest absolute Gasteiger partial charge is 0.408 e. The van der Waals surface area contributed by atoms with Crippen LogP contribution in [-0.2, 0) is 14.3 Å². The quantitative estimate of drug-likeness (QED) is 0.537. The van der Waals surface area contributed by atoms with Crippen molar-refractivity contribution in [2.75, 3.05) is 19.6 Å². The predicted octanol–water partition coefficient (Wildman–Crippen LogP) is 1.79. The number of hydrogen-bond donors (Lipinski definition) is 2. The molecule has 0 aromatic heterocycles. The lowest BCUT2D eigenvalue weighted by atomic mass is 10.0. The predicted molar refractivity (Wildman–Crippen MR) is 142 cm³/mol. The lowest BCUT2D eigenvalue weighted by Gasteiger charge is -2.39. The van der Waals surface area contributed by atoms with Crippen LogP contribution in [0.4, 0.5) is 4.79 Å². The van der Waals surface area contributed by atoms with Crippen LogP contribution in [0.15, 0.2) is 24.3 Å². The summed E-state index contributed by atoms with van der Waals surface area (Å²) in [6, 6.07) is 6.90. The number of carbonyl (C=O) groups excluding carboxylic acids is 4. The number of amides is 4. The van der Waals surface area contributed by atoms with E-state index in [0.29, 0.717) is 31.5 Å². The summed E-state index contributed by atoms with van der Waals surface area (Å²) in [5.41, 5.74) is 5.90. The fraction of sp³-hybridized carbons (Fsp3) is 0.607. The van der Waals surface area contributed by atoms with E-state index in [2.05, 4.69) is 11.4 Å². The van der Waals surface area contributed by atoms with Gasteiger partial charge in [0.2, 0.25) is 17.7 Å². The van der Waals surface area contributed by atoms with E-state index in [1.807, 2.05) is 29.7 Å². The molecule has 2 bridgehead atoms. The van der Waals surface area contributed by atoms with Gasteiger partial charge in [-0.2, -0.15) is 5.26 Å². The largest absolute Gasteiger partial charge is 0.444 e. The number of alkyl carbamates (subject to hydrolysis) is 1. The maximum absolute atomic E-state index is 13.6. The van der Waals surface area contributed by atoms with Crippen molar-refractivity contribution in [3.63, 3.8) is 0 Å². The normalized spacial score (nSPS) is 26.3. The Hall–Kier alpha value is -3.65. The SMILES string of the molecule is CC1CC(C#N)N(C(=O)C(CN2C[C@@H]3CC2C(=O)N3C(C)c2cccc(C(N)=O)c2)NC(=O)OC(C)(C)C)C1. The molecule has 3 fully saturated rings. The van der Waals surface area contributed by atoms with Crippen molar-refractivity contribution in [3.05, 3.63) is 35.4 Å². The number of nitrogens with one attached hydrogen (secondary N) is 1. The molecular weight excluding hydrogens is 500 g/mol. The number of nitrogens with zero attached hydrogens (tertiary/aromatic N) is 4. The minimum absolute atomic E-state index is 0.0589. The van der Waals surface area contributed by atoms with E-state index in [0.717, 1.165) is 5.56 Å². The molecule has 6 atom stereocenters. The van der Waals surface area contributed by atoms with Crippen molar-refractivity contribution in [1.82, 2.24) is 20.0 Å². The minimum atomic E-state index is -0.966. The van der Waals surface area contributed by atoms with Gasteiger partial charge in [0.15, 0.2) is 0 Å². The number of hydrogen-bond acceptors (Lipinski definition) is 7. The number of nitrogens with two attached hydrogens (primary N) is 1. The Kier molecular flexibility index (Phi) is 7.89. The van der Waals surface area contributed by atoms with Gasteiger partial charge in [-0.3, -0.25) is 19.3 Å². The first kappa shape index (κ1) is 28.4. The zero-order valence-electron chi connectivity index (χ0n) is 23.2. The Morgan fingerprint density at radius 3 is 2.56 bits per heavy atom. The van der Waals surface area contributed by atoms with Gasteiger partial charge in [0, 0.05) is 31.2 Å². The van der Waals surface area contributed by atoms with Crippen LogP contribution in [-0.4, -0.2) is 87.9 Å². The summed E-state index contributed by atoms with van der Waals surface area (Å²) in [6.07, 6.45) is 0.466. The van der Waals surface area contributed by atoms with Gasteiger partial charge < -0.3 is 25.6 Å². The topological polar surface area (TPSA) is 149 Å². The van der Waals surface area contributed by atoms with Crippen LogP contribution in [0.5, 0.6) is 0 Å². The molecule has 0 radical (unpaired) electrons. The van der Waals surface area contributed by atoms with E-state index < -0.39 is 35.7 Å². The van der Waals surface area contributed by atoms with Crippen molar-refractivity contribution < 1.29 is 23.9 Å². The second-order valence-corrected chi connectivity index (χ2v) is 11.9. The number of carbonyl (C=O) groups is 4. The molecular formula is C28H38N6O5. The summed E-state index contributed by atoms with van der Waals surface area (Å²) in [7, 11) is 0. The van der Waals surface area contributed by atoms with E-state index >= 15 is 0 Å². The maximum atomic E-state index is 13.6. The molecule has 0 spiro atoms. The second kappa shape index (κ2) is 10.8. The van der Waals surface area contributed by atoms with Crippen molar-refractivity contribution >= 4 is 23.8 Å². The van der Waals surface area contributed by atoms with Crippen molar-refractivity contribution in [1.29, 1.82) is 5.26 Å². The van der Waals surface area contributed by atoms with Gasteiger partial charge in [0.1, 0.15) is 17.7 Å². The molecule has 3 aliphatic heterocycles. The summed E-state index contributed by atoms with van der Waals surface area (Å²) < 4.78 is 5.41. The molecule has 11 nitrogen and oxygen atoms in total. The van der Waals surface area contributed by atoms with Crippen molar-refractivity contribution in [2.24, 2.45) is 11.7 Å². The number of piperazine rings is 1. The van der Waals surface area contributed by atoms with E-state index in [4.69, 9.17) is 10.5 Å². The number of nitriles is 1. The van der Waals surface area contributed by atoms with Crippen LogP contribution in [0.1, 0.15) is 69.4 Å². The second-order valence-electron chi connectivity index (χ2n) is 11.9. The summed E-state index contributed by atoms with van der Waals surface area (Å²) in [6.45, 7) is 10.2. The molecule has 4 rings (SSSR count). The molecule has 5 unspecified atom stereocenters. The van der Waals surface area contributed by atoms with Gasteiger partial charge in [-0.1, -0.05) is 19.1 Å². The highest BCUT2D eigenvalue weighted by atomic mass is 16.6. The molecule has 11 heteroatoms. The van der Waals surface area contributed by atoms with Crippen LogP contribution in [0.2, 0.25) is 0 Å². The number of likely N-dealkylation sites (tertiary alicyclic amines) is 3. The standard InChI is InChI=1S/C28H38N6O5/c1-16-9-20(12-29)33(13-16)25(36)22(31-27(38)39-28(3,4)5)15-32-14-21-11-23(32)26(37)34(21)17(2)18-7-6-8-19(10-18)24(30)35/h6-8,10,16-17,20-23H,9,11,13-15H2,1-5H3,(H2,30,35)(H,31,38)/t16?,17?,20?,21-,22?,23?/m0/s1. The lowest BCUT2D eigenvalue weighted by Crippen LogP contribution is -2.59. The van der Waals surface area contributed by atoms with Gasteiger partial charge in [-0.15, -0.1) is 0 Å². The highest BCUT2D eigenvalue weighted by Crippen LogP contribution is 2.38. The van der Waals surface area contributed by atoms with Gasteiger partial charge >= 0.3 is 6.09 Å². The van der Waals surface area contributed by atoms with E-state index in [1.54, 1.807) is 39.0 Å². The van der Waals surface area contributed by atoms with Crippen LogP contribution < -0.4 is 11.1 Å². The van der Waals surface area contributed by atoms with Crippen molar-refractivity contribution in [2.45, 2.75) is 83.3 Å². The third-order valence-electron chi connectivity index (χ3n) is 7.73. The molecule has 1 aromatic rings. The molecule has 0 saturated carbocycles. The molecule has 0 aliphatic carbocycles. The molecule has 3 aliphatic rings. The number of primary amides is 1. The van der Waals surface area contributed by atoms with Gasteiger partial charge in [-0.05, 0) is 64.2 Å². The summed E-state index contributed by atoms with van der Waals surface area (Å²) in [5.74, 6) is -0.756. The Labute approximate surface area is 229 Å². The van der Waals surface area contributed by atoms with Crippen molar-refractivity contribution in [3.8, 4) is 6.07 Å². The number of benzene rings is 1. The molecule has 3 saturated heterocycles.